The van der Waals surface area contributed by atoms with Crippen LogP contribution in [0.5, 0.6) is 0 Å². The summed E-state index contributed by atoms with van der Waals surface area (Å²) >= 11 is 0. The number of rotatable bonds is 6. The molecule has 66 valence electrons. The van der Waals surface area contributed by atoms with E-state index in [0.717, 1.165) is 25.9 Å². The van der Waals surface area contributed by atoms with Crippen molar-refractivity contribution < 1.29 is 4.79 Å². The summed E-state index contributed by atoms with van der Waals surface area (Å²) in [6.07, 6.45) is 1.94. The Morgan fingerprint density at radius 1 is 1.36 bits per heavy atom. The van der Waals surface area contributed by atoms with Gasteiger partial charge in [0.15, 0.2) is 0 Å². The highest BCUT2D eigenvalue weighted by molar-refractivity contribution is 5.46. The van der Waals surface area contributed by atoms with E-state index in [0.29, 0.717) is 0 Å². The molecule has 0 aliphatic rings. The first-order valence-electron chi connectivity index (χ1n) is 4.23. The van der Waals surface area contributed by atoms with Crippen molar-refractivity contribution in [2.45, 2.75) is 33.4 Å². The van der Waals surface area contributed by atoms with E-state index >= 15 is 0 Å². The fourth-order valence-corrected chi connectivity index (χ4v) is 1.22. The maximum absolute atomic E-state index is 10.2. The third-order valence-corrected chi connectivity index (χ3v) is 1.90. The molecule has 1 atom stereocenters. The van der Waals surface area contributed by atoms with Crippen LogP contribution >= 0.6 is 0 Å². The quantitative estimate of drug-likeness (QED) is 0.458. The lowest BCUT2D eigenvalue weighted by molar-refractivity contribution is -0.111. The number of carbonyl (C=O) groups is 1. The molecule has 0 heterocycles. The average molecular weight is 158 g/mol. The second-order valence-corrected chi connectivity index (χ2v) is 2.43. The standard InChI is InChI=1S/C8H18N2O/c1-4-8(9-7-11)10(5-2)6-3/h7-8H,4-6H2,1-3H3,(H,9,11). The number of nitrogens with one attached hydrogen (secondary N) is 1. The summed E-state index contributed by atoms with van der Waals surface area (Å²) in [5.41, 5.74) is 0. The molecule has 0 aromatic rings. The van der Waals surface area contributed by atoms with Gasteiger partial charge < -0.3 is 5.32 Å². The average Bonchev–Trinajstić information content (AvgIpc) is 2.05. The zero-order valence-electron chi connectivity index (χ0n) is 7.63. The topological polar surface area (TPSA) is 32.3 Å². The largest absolute Gasteiger partial charge is 0.343 e. The minimum absolute atomic E-state index is 0.211. The van der Waals surface area contributed by atoms with Gasteiger partial charge in [-0.3, -0.25) is 9.69 Å². The van der Waals surface area contributed by atoms with Crippen molar-refractivity contribution in [3.05, 3.63) is 0 Å². The molecular formula is C8H18N2O. The summed E-state index contributed by atoms with van der Waals surface area (Å²) in [4.78, 5) is 12.4. The van der Waals surface area contributed by atoms with Crippen molar-refractivity contribution in [1.82, 2.24) is 10.2 Å². The van der Waals surface area contributed by atoms with E-state index in [9.17, 15) is 4.79 Å². The Labute approximate surface area is 68.8 Å². The van der Waals surface area contributed by atoms with E-state index in [1.165, 1.54) is 0 Å². The van der Waals surface area contributed by atoms with E-state index in [1.54, 1.807) is 0 Å². The van der Waals surface area contributed by atoms with Gasteiger partial charge in [-0.25, -0.2) is 0 Å². The van der Waals surface area contributed by atoms with E-state index in [1.807, 2.05) is 0 Å². The van der Waals surface area contributed by atoms with Crippen LogP contribution in [0.15, 0.2) is 0 Å². The summed E-state index contributed by atoms with van der Waals surface area (Å²) in [6, 6.07) is 0. The first-order valence-corrected chi connectivity index (χ1v) is 4.23. The lowest BCUT2D eigenvalue weighted by atomic mass is 10.3. The molecule has 0 saturated carbocycles. The molecule has 1 N–H and O–H groups in total. The number of nitrogens with zero attached hydrogens (tertiary/aromatic N) is 1. The van der Waals surface area contributed by atoms with Crippen molar-refractivity contribution in [2.75, 3.05) is 13.1 Å². The highest BCUT2D eigenvalue weighted by Crippen LogP contribution is 1.98. The SMILES string of the molecule is CCC(NC=O)N(CC)CC. The Morgan fingerprint density at radius 2 is 1.91 bits per heavy atom. The van der Waals surface area contributed by atoms with Crippen LogP contribution in [0.3, 0.4) is 0 Å². The van der Waals surface area contributed by atoms with Crippen LogP contribution in [0.4, 0.5) is 0 Å². The van der Waals surface area contributed by atoms with Gasteiger partial charge in [0.25, 0.3) is 0 Å². The van der Waals surface area contributed by atoms with Crippen LogP contribution in [0.1, 0.15) is 27.2 Å². The first-order chi connectivity index (χ1) is 5.29. The molecule has 0 aliphatic carbocycles. The van der Waals surface area contributed by atoms with Gasteiger partial charge in [-0.05, 0) is 19.5 Å². The second kappa shape index (κ2) is 6.16. The molecular weight excluding hydrogens is 140 g/mol. The molecule has 3 nitrogen and oxygen atoms in total. The summed E-state index contributed by atoms with van der Waals surface area (Å²) in [5.74, 6) is 0. The number of carbonyl (C=O) groups excluding carboxylic acids is 1. The predicted octanol–water partition coefficient (Wildman–Crippen LogP) is 0.810. The number of hydrogen-bond acceptors (Lipinski definition) is 2. The molecule has 0 fully saturated rings. The molecule has 0 rings (SSSR count). The summed E-state index contributed by atoms with van der Waals surface area (Å²) in [6.45, 7) is 8.22. The van der Waals surface area contributed by atoms with Crippen molar-refractivity contribution in [2.24, 2.45) is 0 Å². The number of amides is 1. The molecule has 1 amide bonds. The van der Waals surface area contributed by atoms with Crippen molar-refractivity contribution in [1.29, 1.82) is 0 Å². The highest BCUT2D eigenvalue weighted by atomic mass is 16.1. The molecule has 0 saturated heterocycles. The third-order valence-electron chi connectivity index (χ3n) is 1.90. The highest BCUT2D eigenvalue weighted by Gasteiger charge is 2.10. The Bertz CT molecular complexity index is 102. The smallest absolute Gasteiger partial charge is 0.208 e. The number of hydrogen-bond donors (Lipinski definition) is 1. The Kier molecular flexibility index (Phi) is 5.84. The molecule has 0 spiro atoms. The minimum Gasteiger partial charge on any atom is -0.343 e. The van der Waals surface area contributed by atoms with Gasteiger partial charge in [0.05, 0.1) is 6.17 Å². The van der Waals surface area contributed by atoms with Crippen molar-refractivity contribution >= 4 is 6.41 Å². The van der Waals surface area contributed by atoms with Crippen LogP contribution in [0, 0.1) is 0 Å². The maximum Gasteiger partial charge on any atom is 0.208 e. The zero-order valence-corrected chi connectivity index (χ0v) is 7.63. The van der Waals surface area contributed by atoms with Gasteiger partial charge in [-0.2, -0.15) is 0 Å². The van der Waals surface area contributed by atoms with Gasteiger partial charge in [-0.15, -0.1) is 0 Å². The van der Waals surface area contributed by atoms with Gasteiger partial charge in [0.2, 0.25) is 6.41 Å². The Hall–Kier alpha value is -0.570. The molecule has 0 radical (unpaired) electrons. The van der Waals surface area contributed by atoms with Crippen molar-refractivity contribution in [3.63, 3.8) is 0 Å². The fourth-order valence-electron chi connectivity index (χ4n) is 1.22. The third kappa shape index (κ3) is 3.37. The molecule has 0 aromatic carbocycles. The molecule has 1 unspecified atom stereocenters. The Balaban J connectivity index is 3.85. The monoisotopic (exact) mass is 158 g/mol. The summed E-state index contributed by atoms with van der Waals surface area (Å²) < 4.78 is 0. The molecule has 0 aromatic heterocycles. The van der Waals surface area contributed by atoms with Crippen LogP contribution in [0.25, 0.3) is 0 Å². The van der Waals surface area contributed by atoms with Crippen LogP contribution in [-0.2, 0) is 4.79 Å². The minimum atomic E-state index is 0.211. The zero-order chi connectivity index (χ0) is 8.69. The maximum atomic E-state index is 10.2. The van der Waals surface area contributed by atoms with Crippen molar-refractivity contribution in [3.8, 4) is 0 Å². The van der Waals surface area contributed by atoms with Crippen LogP contribution in [-0.4, -0.2) is 30.6 Å². The lowest BCUT2D eigenvalue weighted by Gasteiger charge is -2.27. The molecule has 0 aliphatic heterocycles. The normalized spacial score (nSPS) is 13.1. The van der Waals surface area contributed by atoms with Gasteiger partial charge in [-0.1, -0.05) is 20.8 Å². The van der Waals surface area contributed by atoms with E-state index in [4.69, 9.17) is 0 Å². The second-order valence-electron chi connectivity index (χ2n) is 2.43. The Morgan fingerprint density at radius 3 is 2.18 bits per heavy atom. The molecule has 3 heteroatoms. The molecule has 11 heavy (non-hydrogen) atoms. The summed E-state index contributed by atoms with van der Waals surface area (Å²) in [7, 11) is 0. The first kappa shape index (κ1) is 10.4. The van der Waals surface area contributed by atoms with E-state index < -0.39 is 0 Å². The summed E-state index contributed by atoms with van der Waals surface area (Å²) in [5, 5.41) is 2.78. The van der Waals surface area contributed by atoms with Gasteiger partial charge in [0.1, 0.15) is 0 Å². The lowest BCUT2D eigenvalue weighted by Crippen LogP contribution is -2.44. The fraction of sp³-hybridized carbons (Fsp3) is 0.875. The van der Waals surface area contributed by atoms with Gasteiger partial charge in [0, 0.05) is 0 Å². The van der Waals surface area contributed by atoms with Crippen LogP contribution in [0.2, 0.25) is 0 Å². The van der Waals surface area contributed by atoms with Gasteiger partial charge >= 0.3 is 0 Å². The molecule has 0 bridgehead atoms. The van der Waals surface area contributed by atoms with Crippen LogP contribution < -0.4 is 5.32 Å². The van der Waals surface area contributed by atoms with E-state index in [-0.39, 0.29) is 6.17 Å². The predicted molar refractivity (Wildman–Crippen MR) is 46.2 cm³/mol. The van der Waals surface area contributed by atoms with E-state index in [2.05, 4.69) is 31.0 Å².